The Hall–Kier alpha value is -4.15. The van der Waals surface area contributed by atoms with E-state index in [-0.39, 0.29) is 18.0 Å². The molecule has 4 aromatic rings. The van der Waals surface area contributed by atoms with Crippen LogP contribution in [-0.2, 0) is 10.9 Å². The van der Waals surface area contributed by atoms with E-state index in [4.69, 9.17) is 10.5 Å². The topological polar surface area (TPSA) is 99.2 Å². The van der Waals surface area contributed by atoms with Gasteiger partial charge in [-0.2, -0.15) is 18.3 Å². The summed E-state index contributed by atoms with van der Waals surface area (Å²) in [5.74, 6) is 0.263. The summed E-state index contributed by atoms with van der Waals surface area (Å²) >= 11 is 0. The summed E-state index contributed by atoms with van der Waals surface area (Å²) in [4.78, 5) is 22.8. The quantitative estimate of drug-likeness (QED) is 0.327. The number of hydrogen-bond acceptors (Lipinski definition) is 6. The fraction of sp³-hybridized carbons (Fsp3) is 0.357. The van der Waals surface area contributed by atoms with Crippen LogP contribution < -0.4 is 5.73 Å². The van der Waals surface area contributed by atoms with Gasteiger partial charge in [0.15, 0.2) is 0 Å². The molecule has 0 saturated carbocycles. The van der Waals surface area contributed by atoms with E-state index >= 15 is 0 Å². The van der Waals surface area contributed by atoms with Crippen LogP contribution in [-0.4, -0.2) is 49.4 Å². The normalized spacial score (nSPS) is 15.1. The van der Waals surface area contributed by atoms with Gasteiger partial charge in [0.25, 0.3) is 0 Å². The molecule has 204 valence electrons. The Morgan fingerprint density at radius 2 is 1.72 bits per heavy atom. The fourth-order valence-electron chi connectivity index (χ4n) is 4.63. The zero-order valence-electron chi connectivity index (χ0n) is 21.9. The van der Waals surface area contributed by atoms with Crippen molar-refractivity contribution in [1.29, 1.82) is 0 Å². The third-order valence-corrected chi connectivity index (χ3v) is 6.67. The molecule has 39 heavy (non-hydrogen) atoms. The highest BCUT2D eigenvalue weighted by molar-refractivity contribution is 5.88. The molecular weight excluding hydrogens is 509 g/mol. The molecule has 5 rings (SSSR count). The second-order valence-corrected chi connectivity index (χ2v) is 10.7. The van der Waals surface area contributed by atoms with Crippen molar-refractivity contribution in [2.75, 3.05) is 18.8 Å². The van der Waals surface area contributed by atoms with Gasteiger partial charge in [-0.25, -0.2) is 9.78 Å². The van der Waals surface area contributed by atoms with Crippen molar-refractivity contribution in [2.45, 2.75) is 51.4 Å². The summed E-state index contributed by atoms with van der Waals surface area (Å²) in [6.45, 7) is 6.72. The Morgan fingerprint density at radius 3 is 2.41 bits per heavy atom. The van der Waals surface area contributed by atoms with Gasteiger partial charge in [-0.15, -0.1) is 0 Å². The number of amides is 1. The molecule has 1 aliphatic rings. The van der Waals surface area contributed by atoms with Crippen LogP contribution in [0.4, 0.5) is 23.8 Å². The molecule has 1 saturated heterocycles. The largest absolute Gasteiger partial charge is 0.444 e. The van der Waals surface area contributed by atoms with Crippen molar-refractivity contribution in [3.63, 3.8) is 0 Å². The van der Waals surface area contributed by atoms with Gasteiger partial charge in [0.1, 0.15) is 11.4 Å². The van der Waals surface area contributed by atoms with Gasteiger partial charge in [0.05, 0.1) is 23.5 Å². The first-order valence-electron chi connectivity index (χ1n) is 12.6. The van der Waals surface area contributed by atoms with Crippen molar-refractivity contribution in [3.8, 4) is 22.4 Å². The minimum atomic E-state index is -4.42. The highest BCUT2D eigenvalue weighted by atomic mass is 19.4. The molecule has 0 spiro atoms. The number of rotatable bonds is 3. The summed E-state index contributed by atoms with van der Waals surface area (Å²) < 4.78 is 46.6. The molecule has 1 aliphatic heterocycles. The second kappa shape index (κ2) is 9.87. The minimum absolute atomic E-state index is 0.141. The third-order valence-electron chi connectivity index (χ3n) is 6.67. The molecule has 8 nitrogen and oxygen atoms in total. The first-order valence-corrected chi connectivity index (χ1v) is 12.6. The number of pyridine rings is 2. The van der Waals surface area contributed by atoms with E-state index in [9.17, 15) is 18.0 Å². The minimum Gasteiger partial charge on any atom is -0.444 e. The Bertz CT molecular complexity index is 1520. The van der Waals surface area contributed by atoms with E-state index in [0.29, 0.717) is 35.1 Å². The standard InChI is InChI=1S/C28H29F3N6O2/c1-27(2,3)39-26(38)36-8-6-22(7-9-36)37-16-20(15-35-37)19-11-23(25(32)34-14-19)24-12-17-4-5-21(28(29,30)31)10-18(17)13-33-24/h4-5,10-16,22H,6-9H2,1-3H3,(H2,32,34). The highest BCUT2D eigenvalue weighted by Gasteiger charge is 2.30. The van der Waals surface area contributed by atoms with Crippen LogP contribution in [0.3, 0.4) is 0 Å². The number of alkyl halides is 3. The van der Waals surface area contributed by atoms with Gasteiger partial charge in [-0.05, 0) is 63.3 Å². The number of carbonyl (C=O) groups excluding carboxylic acids is 1. The predicted molar refractivity (Wildman–Crippen MR) is 142 cm³/mol. The molecule has 0 atom stereocenters. The number of hydrogen-bond donors (Lipinski definition) is 1. The number of ether oxygens (including phenoxy) is 1. The smallest absolute Gasteiger partial charge is 0.416 e. The van der Waals surface area contributed by atoms with Gasteiger partial charge in [-0.3, -0.25) is 9.67 Å². The zero-order chi connectivity index (χ0) is 27.9. The Balaban J connectivity index is 1.33. The maximum Gasteiger partial charge on any atom is 0.416 e. The molecular formula is C28H29F3N6O2. The number of fused-ring (bicyclic) bond motifs is 1. The van der Waals surface area contributed by atoms with Crippen LogP contribution in [0.25, 0.3) is 33.2 Å². The number of nitrogens with zero attached hydrogens (tertiary/aromatic N) is 5. The van der Waals surface area contributed by atoms with Crippen molar-refractivity contribution in [1.82, 2.24) is 24.6 Å². The van der Waals surface area contributed by atoms with Crippen LogP contribution in [0.1, 0.15) is 45.2 Å². The maximum absolute atomic E-state index is 13.1. The summed E-state index contributed by atoms with van der Waals surface area (Å²) in [5, 5.41) is 5.55. The number of aromatic nitrogens is 4. The molecule has 1 fully saturated rings. The number of anilines is 1. The number of halogens is 3. The lowest BCUT2D eigenvalue weighted by molar-refractivity contribution is -0.137. The molecule has 2 N–H and O–H groups in total. The van der Waals surface area contributed by atoms with Gasteiger partial charge in [0, 0.05) is 53.8 Å². The lowest BCUT2D eigenvalue weighted by Gasteiger charge is -2.33. The van der Waals surface area contributed by atoms with Gasteiger partial charge in [0.2, 0.25) is 0 Å². The molecule has 4 heterocycles. The Labute approximate surface area is 223 Å². The van der Waals surface area contributed by atoms with E-state index < -0.39 is 17.3 Å². The number of nitrogen functional groups attached to an aromatic ring is 1. The molecule has 11 heteroatoms. The molecule has 0 unspecified atom stereocenters. The molecule has 1 amide bonds. The Morgan fingerprint density at radius 1 is 0.974 bits per heavy atom. The number of nitrogens with two attached hydrogens (primary N) is 1. The van der Waals surface area contributed by atoms with E-state index in [1.54, 1.807) is 23.4 Å². The van der Waals surface area contributed by atoms with Crippen molar-refractivity contribution in [2.24, 2.45) is 0 Å². The van der Waals surface area contributed by atoms with Crippen molar-refractivity contribution >= 4 is 22.7 Å². The summed E-state index contributed by atoms with van der Waals surface area (Å²) in [5.41, 5.74) is 7.62. The molecule has 0 radical (unpaired) electrons. The van der Waals surface area contributed by atoms with Crippen molar-refractivity contribution in [3.05, 3.63) is 60.7 Å². The first kappa shape index (κ1) is 26.5. The lowest BCUT2D eigenvalue weighted by Crippen LogP contribution is -2.42. The van der Waals surface area contributed by atoms with Crippen LogP contribution in [0, 0.1) is 0 Å². The Kier molecular flexibility index (Phi) is 6.69. The van der Waals surface area contributed by atoms with E-state index in [2.05, 4.69) is 15.1 Å². The maximum atomic E-state index is 13.1. The second-order valence-electron chi connectivity index (χ2n) is 10.7. The summed E-state index contributed by atoms with van der Waals surface area (Å²) in [6.07, 6.45) is 3.54. The fourth-order valence-corrected chi connectivity index (χ4v) is 4.63. The zero-order valence-corrected chi connectivity index (χ0v) is 21.9. The third kappa shape index (κ3) is 5.81. The van der Waals surface area contributed by atoms with Gasteiger partial charge in [-0.1, -0.05) is 6.07 Å². The average Bonchev–Trinajstić information content (AvgIpc) is 3.37. The van der Waals surface area contributed by atoms with E-state index in [0.717, 1.165) is 36.1 Å². The summed E-state index contributed by atoms with van der Waals surface area (Å²) in [6, 6.07) is 7.26. The predicted octanol–water partition coefficient (Wildman–Crippen LogP) is 6.33. The number of carbonyl (C=O) groups is 1. The lowest BCUT2D eigenvalue weighted by atomic mass is 10.0. The summed E-state index contributed by atoms with van der Waals surface area (Å²) in [7, 11) is 0. The molecule has 3 aromatic heterocycles. The van der Waals surface area contributed by atoms with Gasteiger partial charge >= 0.3 is 12.3 Å². The van der Waals surface area contributed by atoms with Crippen LogP contribution >= 0.6 is 0 Å². The van der Waals surface area contributed by atoms with Crippen LogP contribution in [0.15, 0.2) is 55.1 Å². The molecule has 0 aliphatic carbocycles. The van der Waals surface area contributed by atoms with Crippen LogP contribution in [0.2, 0.25) is 0 Å². The van der Waals surface area contributed by atoms with Gasteiger partial charge < -0.3 is 15.4 Å². The molecule has 1 aromatic carbocycles. The SMILES string of the molecule is CC(C)(C)OC(=O)N1CCC(n2cc(-c3cnc(N)c(-c4cc5ccc(C(F)(F)F)cc5cn4)c3)cn2)CC1. The van der Waals surface area contributed by atoms with E-state index in [1.807, 2.05) is 37.7 Å². The number of piperidine rings is 1. The monoisotopic (exact) mass is 538 g/mol. The van der Waals surface area contributed by atoms with Crippen molar-refractivity contribution < 1.29 is 22.7 Å². The number of likely N-dealkylation sites (tertiary alicyclic amines) is 1. The molecule has 0 bridgehead atoms. The van der Waals surface area contributed by atoms with Crippen LogP contribution in [0.5, 0.6) is 0 Å². The average molecular weight is 539 g/mol. The first-order chi connectivity index (χ1) is 18.4. The van der Waals surface area contributed by atoms with E-state index in [1.165, 1.54) is 12.3 Å². The highest BCUT2D eigenvalue weighted by Crippen LogP contribution is 2.34. The number of benzene rings is 1.